The number of hydrogen-bond donors (Lipinski definition) is 1. The van der Waals surface area contributed by atoms with Gasteiger partial charge in [-0.25, -0.2) is 9.97 Å². The highest BCUT2D eigenvalue weighted by Crippen LogP contribution is 2.23. The first-order valence-corrected chi connectivity index (χ1v) is 8.38. The molecule has 134 valence electrons. The SMILES string of the molecule is CN(C)c1cccc(C(=O)Nc2cccc(-c3nc4ncccc4o3)n2)c1. The molecule has 0 fully saturated rings. The second kappa shape index (κ2) is 6.87. The molecule has 0 aliphatic heterocycles. The zero-order valence-electron chi connectivity index (χ0n) is 14.9. The van der Waals surface area contributed by atoms with Crippen LogP contribution in [0.15, 0.2) is 65.2 Å². The Morgan fingerprint density at radius 2 is 1.89 bits per heavy atom. The molecule has 1 N–H and O–H groups in total. The highest BCUT2D eigenvalue weighted by molar-refractivity contribution is 6.04. The van der Waals surface area contributed by atoms with E-state index in [9.17, 15) is 4.79 Å². The maximum absolute atomic E-state index is 12.6. The monoisotopic (exact) mass is 359 g/mol. The van der Waals surface area contributed by atoms with Crippen molar-refractivity contribution in [2.45, 2.75) is 0 Å². The summed E-state index contributed by atoms with van der Waals surface area (Å²) in [4.78, 5) is 27.4. The van der Waals surface area contributed by atoms with Crippen LogP contribution >= 0.6 is 0 Å². The van der Waals surface area contributed by atoms with Crippen LogP contribution in [-0.4, -0.2) is 35.0 Å². The number of oxazole rings is 1. The van der Waals surface area contributed by atoms with E-state index >= 15 is 0 Å². The highest BCUT2D eigenvalue weighted by atomic mass is 16.3. The van der Waals surface area contributed by atoms with Gasteiger partial charge in [0.15, 0.2) is 11.2 Å². The van der Waals surface area contributed by atoms with E-state index < -0.39 is 0 Å². The van der Waals surface area contributed by atoms with Crippen LogP contribution in [0.1, 0.15) is 10.4 Å². The van der Waals surface area contributed by atoms with Gasteiger partial charge in [-0.1, -0.05) is 12.1 Å². The van der Waals surface area contributed by atoms with Crippen molar-refractivity contribution in [2.24, 2.45) is 0 Å². The van der Waals surface area contributed by atoms with Crippen molar-refractivity contribution in [2.75, 3.05) is 24.3 Å². The number of nitrogens with zero attached hydrogens (tertiary/aromatic N) is 4. The summed E-state index contributed by atoms with van der Waals surface area (Å²) < 4.78 is 5.69. The van der Waals surface area contributed by atoms with Gasteiger partial charge < -0.3 is 14.6 Å². The number of hydrogen-bond acceptors (Lipinski definition) is 6. The van der Waals surface area contributed by atoms with Crippen LogP contribution in [0, 0.1) is 0 Å². The van der Waals surface area contributed by atoms with E-state index in [1.807, 2.05) is 37.2 Å². The van der Waals surface area contributed by atoms with Gasteiger partial charge in [0.05, 0.1) is 0 Å². The minimum atomic E-state index is -0.234. The first kappa shape index (κ1) is 16.7. The molecule has 0 radical (unpaired) electrons. The molecule has 1 aromatic carbocycles. The summed E-state index contributed by atoms with van der Waals surface area (Å²) in [6.07, 6.45) is 1.65. The lowest BCUT2D eigenvalue weighted by molar-refractivity contribution is 0.102. The Morgan fingerprint density at radius 1 is 1.04 bits per heavy atom. The third-order valence-corrected chi connectivity index (χ3v) is 4.00. The standard InChI is InChI=1S/C20H17N5O2/c1-25(2)14-7-3-6-13(12-14)19(26)23-17-10-4-8-15(22-17)20-24-18-16(27-20)9-5-11-21-18/h3-12H,1-2H3,(H,22,23,26). The molecule has 7 heteroatoms. The number of amides is 1. The molecule has 27 heavy (non-hydrogen) atoms. The normalized spacial score (nSPS) is 10.7. The van der Waals surface area contributed by atoms with E-state index in [0.717, 1.165) is 5.69 Å². The first-order valence-electron chi connectivity index (χ1n) is 8.38. The summed E-state index contributed by atoms with van der Waals surface area (Å²) in [7, 11) is 3.86. The molecule has 3 aromatic heterocycles. The maximum atomic E-state index is 12.6. The maximum Gasteiger partial charge on any atom is 0.256 e. The smallest absolute Gasteiger partial charge is 0.256 e. The number of rotatable bonds is 4. The van der Waals surface area contributed by atoms with Crippen LogP contribution in [-0.2, 0) is 0 Å². The third kappa shape index (κ3) is 3.48. The second-order valence-electron chi connectivity index (χ2n) is 6.15. The number of benzene rings is 1. The van der Waals surface area contributed by atoms with Crippen molar-refractivity contribution in [1.82, 2.24) is 15.0 Å². The van der Waals surface area contributed by atoms with Gasteiger partial charge in [-0.3, -0.25) is 4.79 Å². The van der Waals surface area contributed by atoms with Crippen LogP contribution in [0.2, 0.25) is 0 Å². The lowest BCUT2D eigenvalue weighted by Gasteiger charge is -2.13. The Kier molecular flexibility index (Phi) is 4.25. The van der Waals surface area contributed by atoms with Gasteiger partial charge >= 0.3 is 0 Å². The van der Waals surface area contributed by atoms with E-state index in [-0.39, 0.29) is 5.91 Å². The number of aromatic nitrogens is 3. The fourth-order valence-corrected chi connectivity index (χ4v) is 2.62. The Labute approximate surface area is 155 Å². The quantitative estimate of drug-likeness (QED) is 0.599. The van der Waals surface area contributed by atoms with Crippen LogP contribution in [0.5, 0.6) is 0 Å². The summed E-state index contributed by atoms with van der Waals surface area (Å²) in [6.45, 7) is 0. The van der Waals surface area contributed by atoms with Crippen molar-refractivity contribution in [3.05, 3.63) is 66.4 Å². The lowest BCUT2D eigenvalue weighted by atomic mass is 10.2. The largest absolute Gasteiger partial charge is 0.433 e. The molecule has 0 unspecified atom stereocenters. The number of pyridine rings is 2. The number of carbonyl (C=O) groups excluding carboxylic acids is 1. The van der Waals surface area contributed by atoms with Gasteiger partial charge in [-0.15, -0.1) is 0 Å². The van der Waals surface area contributed by atoms with Crippen LogP contribution in [0.25, 0.3) is 22.8 Å². The van der Waals surface area contributed by atoms with Gasteiger partial charge in [-0.2, -0.15) is 4.98 Å². The average molecular weight is 359 g/mol. The molecule has 0 aliphatic rings. The van der Waals surface area contributed by atoms with Crippen molar-refractivity contribution >= 4 is 28.6 Å². The van der Waals surface area contributed by atoms with Gasteiger partial charge in [0.25, 0.3) is 5.91 Å². The molecule has 3 heterocycles. The molecule has 0 saturated heterocycles. The average Bonchev–Trinajstić information content (AvgIpc) is 3.12. The van der Waals surface area contributed by atoms with Gasteiger partial charge in [0.1, 0.15) is 11.5 Å². The zero-order chi connectivity index (χ0) is 18.8. The summed E-state index contributed by atoms with van der Waals surface area (Å²) in [6, 6.07) is 16.2. The minimum absolute atomic E-state index is 0.234. The molecule has 7 nitrogen and oxygen atoms in total. The number of anilines is 2. The Bertz CT molecular complexity index is 1090. The highest BCUT2D eigenvalue weighted by Gasteiger charge is 2.12. The summed E-state index contributed by atoms with van der Waals surface area (Å²) in [5.74, 6) is 0.542. The third-order valence-electron chi connectivity index (χ3n) is 4.00. The van der Waals surface area contributed by atoms with E-state index in [1.165, 1.54) is 0 Å². The predicted molar refractivity (Wildman–Crippen MR) is 104 cm³/mol. The van der Waals surface area contributed by atoms with E-state index in [0.29, 0.717) is 34.2 Å². The summed E-state index contributed by atoms with van der Waals surface area (Å²) >= 11 is 0. The molecular formula is C20H17N5O2. The lowest BCUT2D eigenvalue weighted by Crippen LogP contribution is -2.15. The van der Waals surface area contributed by atoms with E-state index in [1.54, 1.807) is 42.6 Å². The fourth-order valence-electron chi connectivity index (χ4n) is 2.62. The topological polar surface area (TPSA) is 84.2 Å². The fraction of sp³-hybridized carbons (Fsp3) is 0.100. The van der Waals surface area contributed by atoms with Gasteiger partial charge in [0.2, 0.25) is 5.89 Å². The summed E-state index contributed by atoms with van der Waals surface area (Å²) in [5, 5.41) is 2.81. The van der Waals surface area contributed by atoms with Crippen LogP contribution in [0.4, 0.5) is 11.5 Å². The number of nitrogens with one attached hydrogen (secondary N) is 1. The van der Waals surface area contributed by atoms with Crippen molar-refractivity contribution in [3.63, 3.8) is 0 Å². The Morgan fingerprint density at radius 3 is 2.70 bits per heavy atom. The first-order chi connectivity index (χ1) is 13.1. The van der Waals surface area contributed by atoms with Gasteiger partial charge in [-0.05, 0) is 42.5 Å². The molecule has 4 aromatic rings. The molecule has 0 aliphatic carbocycles. The molecule has 0 saturated carbocycles. The van der Waals surface area contributed by atoms with Crippen LogP contribution < -0.4 is 10.2 Å². The molecule has 0 spiro atoms. The molecule has 4 rings (SSSR count). The molecule has 0 atom stereocenters. The number of carbonyl (C=O) groups is 1. The van der Waals surface area contributed by atoms with Crippen molar-refractivity contribution < 1.29 is 9.21 Å². The summed E-state index contributed by atoms with van der Waals surface area (Å²) in [5.41, 5.74) is 3.13. The molecular weight excluding hydrogens is 342 g/mol. The Balaban J connectivity index is 1.59. The number of fused-ring (bicyclic) bond motifs is 1. The van der Waals surface area contributed by atoms with E-state index in [4.69, 9.17) is 4.42 Å². The molecule has 0 bridgehead atoms. The van der Waals surface area contributed by atoms with Crippen LogP contribution in [0.3, 0.4) is 0 Å². The Hall–Kier alpha value is -3.74. The second-order valence-corrected chi connectivity index (χ2v) is 6.15. The van der Waals surface area contributed by atoms with E-state index in [2.05, 4.69) is 20.3 Å². The van der Waals surface area contributed by atoms with Gasteiger partial charge in [0, 0.05) is 31.5 Å². The minimum Gasteiger partial charge on any atom is -0.433 e. The predicted octanol–water partition coefficient (Wildman–Crippen LogP) is 3.60. The van der Waals surface area contributed by atoms with Crippen molar-refractivity contribution in [1.29, 1.82) is 0 Å². The molecule has 1 amide bonds. The zero-order valence-corrected chi connectivity index (χ0v) is 14.9. The van der Waals surface area contributed by atoms with Crippen molar-refractivity contribution in [3.8, 4) is 11.6 Å².